The van der Waals surface area contributed by atoms with Crippen LogP contribution >= 0.6 is 23.4 Å². The van der Waals surface area contributed by atoms with Crippen LogP contribution in [0.2, 0.25) is 5.15 Å². The van der Waals surface area contributed by atoms with Crippen molar-refractivity contribution in [3.8, 4) is 0 Å². The predicted molar refractivity (Wildman–Crippen MR) is 62.1 cm³/mol. The quantitative estimate of drug-likeness (QED) is 0.615. The summed E-state index contributed by atoms with van der Waals surface area (Å²) in [7, 11) is 0. The van der Waals surface area contributed by atoms with Crippen LogP contribution in [0.25, 0.3) is 0 Å². The number of rotatable bonds is 3. The van der Waals surface area contributed by atoms with Gasteiger partial charge in [0.05, 0.1) is 11.7 Å². The van der Waals surface area contributed by atoms with Crippen molar-refractivity contribution in [2.45, 2.75) is 29.7 Å². The molecular weight excluding hydrogens is 248 g/mol. The highest BCUT2D eigenvalue weighted by Crippen LogP contribution is 2.33. The van der Waals surface area contributed by atoms with Gasteiger partial charge in [-0.15, -0.1) is 0 Å². The summed E-state index contributed by atoms with van der Waals surface area (Å²) in [5.74, 6) is 0. The van der Waals surface area contributed by atoms with Gasteiger partial charge >= 0.3 is 0 Å². The topological polar surface area (TPSA) is 52.1 Å². The fraction of sp³-hybridized carbons (Fsp3) is 0.500. The molecule has 0 aliphatic carbocycles. The van der Waals surface area contributed by atoms with Gasteiger partial charge in [0.15, 0.2) is 6.29 Å². The standard InChI is InChI=1S/C10H11ClN2O2S/c1-6-8(2-3-15-6)16-10-7(4-14)9(11)12-5-13-10/h4-6,8H,2-3H2,1H3. The fourth-order valence-corrected chi connectivity index (χ4v) is 2.95. The summed E-state index contributed by atoms with van der Waals surface area (Å²) >= 11 is 7.36. The summed E-state index contributed by atoms with van der Waals surface area (Å²) in [6, 6.07) is 0. The summed E-state index contributed by atoms with van der Waals surface area (Å²) in [5.41, 5.74) is 0.369. The van der Waals surface area contributed by atoms with Crippen molar-refractivity contribution in [2.24, 2.45) is 0 Å². The number of hydrogen-bond donors (Lipinski definition) is 0. The van der Waals surface area contributed by atoms with Crippen LogP contribution in [-0.4, -0.2) is 34.2 Å². The van der Waals surface area contributed by atoms with Crippen LogP contribution in [-0.2, 0) is 4.74 Å². The first kappa shape index (κ1) is 11.8. The Morgan fingerprint density at radius 2 is 2.44 bits per heavy atom. The first-order chi connectivity index (χ1) is 7.72. The zero-order valence-corrected chi connectivity index (χ0v) is 10.3. The first-order valence-electron chi connectivity index (χ1n) is 4.96. The summed E-state index contributed by atoms with van der Waals surface area (Å²) in [6.07, 6.45) is 3.22. The highest BCUT2D eigenvalue weighted by atomic mass is 35.5. The molecule has 6 heteroatoms. The lowest BCUT2D eigenvalue weighted by atomic mass is 10.3. The third-order valence-corrected chi connectivity index (χ3v) is 4.26. The van der Waals surface area contributed by atoms with Gasteiger partial charge in [-0.3, -0.25) is 4.79 Å². The Hall–Kier alpha value is -0.650. The molecule has 0 saturated carbocycles. The van der Waals surface area contributed by atoms with E-state index < -0.39 is 0 Å². The number of carbonyl (C=O) groups is 1. The summed E-state index contributed by atoms with van der Waals surface area (Å²) in [5, 5.41) is 1.17. The maximum atomic E-state index is 10.9. The third-order valence-electron chi connectivity index (χ3n) is 2.49. The molecule has 2 unspecified atom stereocenters. The van der Waals surface area contributed by atoms with Gasteiger partial charge in [0.1, 0.15) is 16.5 Å². The van der Waals surface area contributed by atoms with Crippen LogP contribution in [0.5, 0.6) is 0 Å². The van der Waals surface area contributed by atoms with Crippen molar-refractivity contribution < 1.29 is 9.53 Å². The smallest absolute Gasteiger partial charge is 0.155 e. The van der Waals surface area contributed by atoms with Crippen LogP contribution in [0, 0.1) is 0 Å². The van der Waals surface area contributed by atoms with Gasteiger partial charge in [-0.05, 0) is 13.3 Å². The van der Waals surface area contributed by atoms with Gasteiger partial charge in [0.25, 0.3) is 0 Å². The Morgan fingerprint density at radius 1 is 1.62 bits per heavy atom. The Labute approximate surface area is 103 Å². The Morgan fingerprint density at radius 3 is 3.06 bits per heavy atom. The maximum absolute atomic E-state index is 10.9. The number of nitrogens with zero attached hydrogens (tertiary/aromatic N) is 2. The minimum Gasteiger partial charge on any atom is -0.377 e. The molecule has 1 fully saturated rings. The molecular formula is C10H11ClN2O2S. The van der Waals surface area contributed by atoms with E-state index in [0.717, 1.165) is 13.0 Å². The second kappa shape index (κ2) is 5.12. The molecule has 86 valence electrons. The lowest BCUT2D eigenvalue weighted by molar-refractivity contribution is 0.111. The molecule has 0 aromatic carbocycles. The molecule has 1 saturated heterocycles. The Kier molecular flexibility index (Phi) is 3.78. The number of aldehydes is 1. The normalized spacial score (nSPS) is 24.6. The van der Waals surface area contributed by atoms with Gasteiger partial charge in [0, 0.05) is 11.9 Å². The van der Waals surface area contributed by atoms with E-state index in [1.165, 1.54) is 18.1 Å². The van der Waals surface area contributed by atoms with E-state index in [1.54, 1.807) is 0 Å². The van der Waals surface area contributed by atoms with Crippen LogP contribution in [0.1, 0.15) is 23.7 Å². The molecule has 1 aromatic rings. The predicted octanol–water partition coefficient (Wildman–Crippen LogP) is 2.21. The zero-order valence-electron chi connectivity index (χ0n) is 8.72. The monoisotopic (exact) mass is 258 g/mol. The Balaban J connectivity index is 2.20. The average molecular weight is 259 g/mol. The second-order valence-corrected chi connectivity index (χ2v) is 5.11. The van der Waals surface area contributed by atoms with Gasteiger partial charge in [-0.25, -0.2) is 9.97 Å². The number of ether oxygens (including phenoxy) is 1. The van der Waals surface area contributed by atoms with Crippen LogP contribution in [0.3, 0.4) is 0 Å². The number of carbonyl (C=O) groups excluding carboxylic acids is 1. The number of thioether (sulfide) groups is 1. The van der Waals surface area contributed by atoms with Crippen molar-refractivity contribution in [2.75, 3.05) is 6.61 Å². The van der Waals surface area contributed by atoms with Crippen molar-refractivity contribution in [1.29, 1.82) is 0 Å². The lowest BCUT2D eigenvalue weighted by Crippen LogP contribution is -2.14. The van der Waals surface area contributed by atoms with Crippen molar-refractivity contribution in [1.82, 2.24) is 9.97 Å². The molecule has 0 amide bonds. The highest BCUT2D eigenvalue weighted by Gasteiger charge is 2.27. The molecule has 1 aliphatic heterocycles. The Bertz CT molecular complexity index is 402. The van der Waals surface area contributed by atoms with E-state index in [2.05, 4.69) is 9.97 Å². The molecule has 0 radical (unpaired) electrons. The molecule has 2 rings (SSSR count). The van der Waals surface area contributed by atoms with Gasteiger partial charge in [-0.1, -0.05) is 23.4 Å². The van der Waals surface area contributed by atoms with Crippen molar-refractivity contribution in [3.63, 3.8) is 0 Å². The van der Waals surface area contributed by atoms with Gasteiger partial charge in [-0.2, -0.15) is 0 Å². The van der Waals surface area contributed by atoms with Gasteiger partial charge in [0.2, 0.25) is 0 Å². The van der Waals surface area contributed by atoms with Crippen LogP contribution in [0.15, 0.2) is 11.4 Å². The SMILES string of the molecule is CC1OCCC1Sc1ncnc(Cl)c1C=O. The van der Waals surface area contributed by atoms with Gasteiger partial charge < -0.3 is 4.74 Å². The summed E-state index contributed by atoms with van der Waals surface area (Å²) in [4.78, 5) is 18.8. The van der Waals surface area contributed by atoms with Crippen LogP contribution < -0.4 is 0 Å². The summed E-state index contributed by atoms with van der Waals surface area (Å²) < 4.78 is 5.46. The van der Waals surface area contributed by atoms with E-state index in [4.69, 9.17) is 16.3 Å². The molecule has 2 heterocycles. The minimum atomic E-state index is 0.179. The molecule has 2 atom stereocenters. The zero-order chi connectivity index (χ0) is 11.5. The lowest BCUT2D eigenvalue weighted by Gasteiger charge is -2.13. The molecule has 0 N–H and O–H groups in total. The molecule has 0 spiro atoms. The first-order valence-corrected chi connectivity index (χ1v) is 6.22. The highest BCUT2D eigenvalue weighted by molar-refractivity contribution is 8.00. The molecule has 0 bridgehead atoms. The number of halogens is 1. The third kappa shape index (κ3) is 2.36. The summed E-state index contributed by atoms with van der Waals surface area (Å²) in [6.45, 7) is 2.78. The van der Waals surface area contributed by atoms with E-state index in [9.17, 15) is 4.79 Å². The largest absolute Gasteiger partial charge is 0.377 e. The van der Waals surface area contributed by atoms with E-state index in [-0.39, 0.29) is 11.3 Å². The second-order valence-electron chi connectivity index (χ2n) is 3.52. The minimum absolute atomic E-state index is 0.179. The van der Waals surface area contributed by atoms with E-state index >= 15 is 0 Å². The number of hydrogen-bond acceptors (Lipinski definition) is 5. The molecule has 1 aliphatic rings. The van der Waals surface area contributed by atoms with E-state index in [1.807, 2.05) is 6.92 Å². The molecule has 16 heavy (non-hydrogen) atoms. The van der Waals surface area contributed by atoms with Crippen molar-refractivity contribution >= 4 is 29.6 Å². The number of aromatic nitrogens is 2. The van der Waals surface area contributed by atoms with Crippen LogP contribution in [0.4, 0.5) is 0 Å². The molecule has 1 aromatic heterocycles. The average Bonchev–Trinajstić information content (AvgIpc) is 2.65. The molecule has 4 nitrogen and oxygen atoms in total. The van der Waals surface area contributed by atoms with E-state index in [0.29, 0.717) is 22.1 Å². The van der Waals surface area contributed by atoms with Crippen molar-refractivity contribution in [3.05, 3.63) is 17.0 Å². The fourth-order valence-electron chi connectivity index (χ4n) is 1.56. The maximum Gasteiger partial charge on any atom is 0.155 e.